The van der Waals surface area contributed by atoms with E-state index in [0.717, 1.165) is 11.1 Å². The van der Waals surface area contributed by atoms with Gasteiger partial charge in [-0.05, 0) is 5.56 Å². The molecule has 8 nitrogen and oxygen atoms in total. The number of carbonyl (C=O) groups is 2. The number of hydrogen-bond acceptors (Lipinski definition) is 7. The fraction of sp³-hybridized carbons (Fsp3) is 0.440. The van der Waals surface area contributed by atoms with E-state index in [0.29, 0.717) is 6.54 Å². The van der Waals surface area contributed by atoms with Gasteiger partial charge in [-0.3, -0.25) is 9.59 Å². The Bertz CT molecular complexity index is 938. The third kappa shape index (κ3) is 5.25. The molecular weight excluding hydrogens is 426 g/mol. The summed E-state index contributed by atoms with van der Waals surface area (Å²) in [5.74, 6) is -0.674. The number of amides is 1. The number of methoxy groups -OCH3 is 1. The Morgan fingerprint density at radius 2 is 1.67 bits per heavy atom. The van der Waals surface area contributed by atoms with Crippen molar-refractivity contribution in [3.63, 3.8) is 0 Å². The van der Waals surface area contributed by atoms with E-state index >= 15 is 0 Å². The summed E-state index contributed by atoms with van der Waals surface area (Å²) >= 11 is 0. The zero-order chi connectivity index (χ0) is 23.4. The van der Waals surface area contributed by atoms with Gasteiger partial charge in [0.2, 0.25) is 5.91 Å². The lowest BCUT2D eigenvalue weighted by Gasteiger charge is -2.51. The number of benzene rings is 2. The number of esters is 1. The smallest absolute Gasteiger partial charge is 0.303 e. The van der Waals surface area contributed by atoms with E-state index < -0.39 is 42.9 Å². The lowest BCUT2D eigenvalue weighted by Crippen LogP contribution is -2.68. The van der Waals surface area contributed by atoms with Gasteiger partial charge in [0, 0.05) is 33.1 Å². The first-order chi connectivity index (χ1) is 16.0. The first-order valence-electron chi connectivity index (χ1n) is 11.0. The highest BCUT2D eigenvalue weighted by Crippen LogP contribution is 2.37. The molecule has 1 amide bonds. The molecule has 33 heavy (non-hydrogen) atoms. The van der Waals surface area contributed by atoms with Gasteiger partial charge in [0.1, 0.15) is 18.2 Å². The van der Waals surface area contributed by atoms with Gasteiger partial charge in [0.05, 0.1) is 6.61 Å². The van der Waals surface area contributed by atoms with Crippen LogP contribution in [0.4, 0.5) is 0 Å². The van der Waals surface area contributed by atoms with E-state index in [2.05, 4.69) is 0 Å². The number of nitrogens with zero attached hydrogens (tertiary/aromatic N) is 1. The second-order valence-corrected chi connectivity index (χ2v) is 8.15. The van der Waals surface area contributed by atoms with Gasteiger partial charge in [-0.15, -0.1) is 0 Å². The van der Waals surface area contributed by atoms with E-state index in [9.17, 15) is 9.59 Å². The highest BCUT2D eigenvalue weighted by Gasteiger charge is 2.54. The summed E-state index contributed by atoms with van der Waals surface area (Å²) in [6, 6.07) is 18.4. The van der Waals surface area contributed by atoms with Crippen LogP contribution in [-0.4, -0.2) is 61.1 Å². The minimum Gasteiger partial charge on any atom is -0.457 e. The Kier molecular flexibility index (Phi) is 7.39. The Morgan fingerprint density at radius 1 is 1.00 bits per heavy atom. The molecule has 0 N–H and O–H groups in total. The van der Waals surface area contributed by atoms with Crippen LogP contribution >= 0.6 is 0 Å². The lowest BCUT2D eigenvalue weighted by molar-refractivity contribution is -0.349. The van der Waals surface area contributed by atoms with Crippen LogP contribution in [0.1, 0.15) is 31.3 Å². The average Bonchev–Trinajstić information content (AvgIpc) is 2.83. The fourth-order valence-electron chi connectivity index (χ4n) is 4.39. The van der Waals surface area contributed by atoms with Crippen LogP contribution in [0.2, 0.25) is 0 Å². The van der Waals surface area contributed by atoms with E-state index in [-0.39, 0.29) is 12.5 Å². The fourth-order valence-corrected chi connectivity index (χ4v) is 4.39. The molecule has 0 bridgehead atoms. The first-order valence-corrected chi connectivity index (χ1v) is 11.0. The van der Waals surface area contributed by atoms with Gasteiger partial charge in [-0.2, -0.15) is 0 Å². The summed E-state index contributed by atoms with van der Waals surface area (Å²) in [5.41, 5.74) is 1.77. The lowest BCUT2D eigenvalue weighted by atomic mass is 9.93. The van der Waals surface area contributed by atoms with Crippen LogP contribution in [0.25, 0.3) is 0 Å². The predicted molar refractivity (Wildman–Crippen MR) is 118 cm³/mol. The highest BCUT2D eigenvalue weighted by molar-refractivity contribution is 5.74. The molecule has 2 aromatic carbocycles. The third-order valence-electron chi connectivity index (χ3n) is 5.87. The average molecular weight is 456 g/mol. The second-order valence-electron chi connectivity index (χ2n) is 8.15. The van der Waals surface area contributed by atoms with Crippen molar-refractivity contribution in [2.75, 3.05) is 13.7 Å². The van der Waals surface area contributed by atoms with E-state index in [1.54, 1.807) is 4.90 Å². The van der Waals surface area contributed by atoms with Gasteiger partial charge in [0.15, 0.2) is 18.7 Å². The maximum Gasteiger partial charge on any atom is 0.303 e. The van der Waals surface area contributed by atoms with Crippen LogP contribution < -0.4 is 0 Å². The molecule has 2 aliphatic rings. The largest absolute Gasteiger partial charge is 0.457 e. The van der Waals surface area contributed by atoms with Gasteiger partial charge in [-0.1, -0.05) is 60.7 Å². The number of hydrogen-bond donors (Lipinski definition) is 0. The molecule has 2 fully saturated rings. The minimum atomic E-state index is -0.830. The standard InChI is InChI=1S/C25H29NO7/c1-16(27)26(14-18-10-6-4-7-11-18)21-23(31-17(2)28)22-20(32-25(21)29-3)15-30-24(33-22)19-12-8-5-9-13-19/h4-13,20-25H,14-15H2,1-3H3/t20-,21+,22-,23+,24-,25+/m1/s1. The van der Waals surface area contributed by atoms with Crippen molar-refractivity contribution in [1.82, 2.24) is 4.90 Å². The summed E-state index contributed by atoms with van der Waals surface area (Å²) in [5, 5.41) is 0. The molecule has 4 rings (SSSR count). The van der Waals surface area contributed by atoms with Crippen molar-refractivity contribution in [3.05, 3.63) is 71.8 Å². The maximum absolute atomic E-state index is 12.8. The van der Waals surface area contributed by atoms with Crippen molar-refractivity contribution in [3.8, 4) is 0 Å². The Labute approximate surface area is 193 Å². The molecular formula is C25H29NO7. The molecule has 2 saturated heterocycles. The molecule has 0 spiro atoms. The minimum absolute atomic E-state index is 0.197. The van der Waals surface area contributed by atoms with Gasteiger partial charge in [-0.25, -0.2) is 0 Å². The molecule has 0 aliphatic carbocycles. The number of fused-ring (bicyclic) bond motifs is 1. The SMILES string of the molecule is CO[C@H]1O[C@@H]2CO[C@@H](c3ccccc3)O[C@H]2[C@@H](OC(C)=O)[C@@H]1N(Cc1ccccc1)C(C)=O. The molecule has 2 aliphatic heterocycles. The number of rotatable bonds is 6. The van der Waals surface area contributed by atoms with Crippen LogP contribution in [0.3, 0.4) is 0 Å². The maximum atomic E-state index is 12.8. The van der Waals surface area contributed by atoms with Crippen LogP contribution in [0.15, 0.2) is 60.7 Å². The molecule has 0 unspecified atom stereocenters. The summed E-state index contributed by atoms with van der Waals surface area (Å²) in [7, 11) is 1.50. The van der Waals surface area contributed by atoms with Crippen molar-refractivity contribution in [1.29, 1.82) is 0 Å². The Morgan fingerprint density at radius 3 is 2.27 bits per heavy atom. The summed E-state index contributed by atoms with van der Waals surface area (Å²) < 4.78 is 29.7. The van der Waals surface area contributed by atoms with Gasteiger partial charge < -0.3 is 28.6 Å². The summed E-state index contributed by atoms with van der Waals surface area (Å²) in [6.07, 6.45) is -3.46. The van der Waals surface area contributed by atoms with Crippen molar-refractivity contribution in [2.45, 2.75) is 57.3 Å². The monoisotopic (exact) mass is 455 g/mol. The zero-order valence-electron chi connectivity index (χ0n) is 19.0. The van der Waals surface area contributed by atoms with Crippen molar-refractivity contribution in [2.24, 2.45) is 0 Å². The zero-order valence-corrected chi connectivity index (χ0v) is 19.0. The molecule has 2 heterocycles. The molecule has 176 valence electrons. The second kappa shape index (κ2) is 10.4. The van der Waals surface area contributed by atoms with Crippen LogP contribution in [0.5, 0.6) is 0 Å². The quantitative estimate of drug-likeness (QED) is 0.620. The third-order valence-corrected chi connectivity index (χ3v) is 5.87. The Balaban J connectivity index is 1.67. The molecule has 0 radical (unpaired) electrons. The molecule has 2 aromatic rings. The molecule has 0 saturated carbocycles. The van der Waals surface area contributed by atoms with Gasteiger partial charge >= 0.3 is 5.97 Å². The topological polar surface area (TPSA) is 83.5 Å². The van der Waals surface area contributed by atoms with Crippen LogP contribution in [0, 0.1) is 0 Å². The van der Waals surface area contributed by atoms with E-state index in [1.165, 1.54) is 21.0 Å². The molecule has 0 aromatic heterocycles. The summed E-state index contributed by atoms with van der Waals surface area (Å²) in [6.45, 7) is 3.35. The normalized spacial score (nSPS) is 29.1. The number of ether oxygens (including phenoxy) is 5. The number of carbonyl (C=O) groups excluding carboxylic acids is 2. The van der Waals surface area contributed by atoms with Crippen molar-refractivity contribution < 1.29 is 33.3 Å². The highest BCUT2D eigenvalue weighted by atomic mass is 16.7. The van der Waals surface area contributed by atoms with Crippen LogP contribution in [-0.2, 0) is 39.8 Å². The van der Waals surface area contributed by atoms with E-state index in [4.69, 9.17) is 23.7 Å². The predicted octanol–water partition coefficient (Wildman–Crippen LogP) is 2.82. The molecule has 8 heteroatoms. The molecule has 6 atom stereocenters. The first kappa shape index (κ1) is 23.4. The van der Waals surface area contributed by atoms with Crippen molar-refractivity contribution >= 4 is 11.9 Å². The van der Waals surface area contributed by atoms with E-state index in [1.807, 2.05) is 60.7 Å². The van der Waals surface area contributed by atoms with Gasteiger partial charge in [0.25, 0.3) is 0 Å². The summed E-state index contributed by atoms with van der Waals surface area (Å²) in [4.78, 5) is 26.5. The Hall–Kier alpha value is -2.78.